The van der Waals surface area contributed by atoms with Crippen LogP contribution in [0.5, 0.6) is 11.5 Å². The lowest BCUT2D eigenvalue weighted by Gasteiger charge is -2.35. The minimum absolute atomic E-state index is 0.0488. The number of carbonyl (C=O) groups is 2. The first-order valence-corrected chi connectivity index (χ1v) is 11.6. The Morgan fingerprint density at radius 1 is 1.06 bits per heavy atom. The fraction of sp³-hybridized carbons (Fsp3) is 0.360. The van der Waals surface area contributed by atoms with Crippen molar-refractivity contribution in [3.05, 3.63) is 62.6 Å². The zero-order valence-electron chi connectivity index (χ0n) is 18.4. The molecule has 4 rings (SSSR count). The van der Waals surface area contributed by atoms with E-state index in [9.17, 15) is 19.8 Å². The molecule has 2 aliphatic rings. The Balaban J connectivity index is 1.96. The number of Topliss-reactive ketones (excluding diaryl/α,β-unsaturated/α-hetero) is 1. The Kier molecular flexibility index (Phi) is 6.59. The normalized spacial score (nSPS) is 21.0. The summed E-state index contributed by atoms with van der Waals surface area (Å²) >= 11 is 12.5. The number of likely N-dealkylation sites (tertiary alicyclic amines) is 1. The summed E-state index contributed by atoms with van der Waals surface area (Å²) in [5.74, 6) is -1.68. The van der Waals surface area contributed by atoms with Crippen LogP contribution in [0.15, 0.2) is 35.9 Å². The summed E-state index contributed by atoms with van der Waals surface area (Å²) in [5, 5.41) is 21.7. The molecule has 1 unspecified atom stereocenters. The third kappa shape index (κ3) is 4.18. The highest BCUT2D eigenvalue weighted by molar-refractivity contribution is 6.47. The summed E-state index contributed by atoms with van der Waals surface area (Å²) in [6.45, 7) is 1.81. The molecule has 1 heterocycles. The highest BCUT2D eigenvalue weighted by Crippen LogP contribution is 2.46. The van der Waals surface area contributed by atoms with E-state index in [0.29, 0.717) is 5.56 Å². The van der Waals surface area contributed by atoms with Gasteiger partial charge < -0.3 is 19.8 Å². The number of aliphatic hydroxyl groups excluding tert-OH is 1. The number of ether oxygens (including phenoxy) is 1. The summed E-state index contributed by atoms with van der Waals surface area (Å²) in [6.07, 6.45) is 4.54. The van der Waals surface area contributed by atoms with Crippen LogP contribution < -0.4 is 4.74 Å². The van der Waals surface area contributed by atoms with Crippen LogP contribution in [0.4, 0.5) is 0 Å². The Hall–Kier alpha value is -2.70. The number of aliphatic hydroxyl groups is 1. The second kappa shape index (κ2) is 9.27. The fourth-order valence-corrected chi connectivity index (χ4v) is 5.40. The summed E-state index contributed by atoms with van der Waals surface area (Å²) in [7, 11) is 1.42. The fourth-order valence-electron chi connectivity index (χ4n) is 4.86. The molecule has 33 heavy (non-hydrogen) atoms. The first-order valence-electron chi connectivity index (χ1n) is 10.9. The van der Waals surface area contributed by atoms with E-state index in [1.807, 2.05) is 0 Å². The molecule has 1 saturated heterocycles. The van der Waals surface area contributed by atoms with E-state index in [1.54, 1.807) is 30.0 Å². The predicted octanol–water partition coefficient (Wildman–Crippen LogP) is 5.77. The molecule has 0 spiro atoms. The third-order valence-corrected chi connectivity index (χ3v) is 6.97. The summed E-state index contributed by atoms with van der Waals surface area (Å²) in [5.41, 5.74) is 1.47. The number of phenols is 1. The zero-order chi connectivity index (χ0) is 23.9. The van der Waals surface area contributed by atoms with Gasteiger partial charge in [-0.2, -0.15) is 0 Å². The van der Waals surface area contributed by atoms with Gasteiger partial charge >= 0.3 is 0 Å². The van der Waals surface area contributed by atoms with Crippen molar-refractivity contribution < 1.29 is 24.5 Å². The van der Waals surface area contributed by atoms with E-state index in [4.69, 9.17) is 27.9 Å². The molecule has 0 radical (unpaired) electrons. The predicted molar refractivity (Wildman–Crippen MR) is 127 cm³/mol. The topological polar surface area (TPSA) is 87.1 Å². The number of halogens is 2. The van der Waals surface area contributed by atoms with Gasteiger partial charge in [-0.3, -0.25) is 9.59 Å². The molecule has 6 nitrogen and oxygen atoms in total. The van der Waals surface area contributed by atoms with Gasteiger partial charge in [-0.15, -0.1) is 0 Å². The molecule has 1 saturated carbocycles. The number of hydrogen-bond acceptors (Lipinski definition) is 5. The van der Waals surface area contributed by atoms with Crippen LogP contribution in [-0.2, 0) is 9.59 Å². The molecule has 2 fully saturated rings. The van der Waals surface area contributed by atoms with Crippen LogP contribution in [0.2, 0.25) is 10.0 Å². The second-order valence-electron chi connectivity index (χ2n) is 8.54. The van der Waals surface area contributed by atoms with Crippen molar-refractivity contribution >= 4 is 40.7 Å². The van der Waals surface area contributed by atoms with Gasteiger partial charge in [0.2, 0.25) is 0 Å². The Labute approximate surface area is 202 Å². The molecular formula is C25H25Cl2NO5. The number of methoxy groups -OCH3 is 1. The Bertz CT molecular complexity index is 1150. The van der Waals surface area contributed by atoms with Crippen molar-refractivity contribution in [1.82, 2.24) is 4.90 Å². The van der Waals surface area contributed by atoms with E-state index >= 15 is 0 Å². The molecule has 8 heteroatoms. The number of carbonyl (C=O) groups excluding carboxylic acids is 2. The van der Waals surface area contributed by atoms with Crippen LogP contribution in [0.1, 0.15) is 54.8 Å². The zero-order valence-corrected chi connectivity index (χ0v) is 19.9. The number of nitrogens with zero attached hydrogens (tertiary/aromatic N) is 1. The van der Waals surface area contributed by atoms with Crippen molar-refractivity contribution in [1.29, 1.82) is 0 Å². The lowest BCUT2D eigenvalue weighted by atomic mass is 9.90. The SMILES string of the molecule is COc1c(Cl)cc(C)cc1/C(O)=C1\C(=O)C(=O)N(C2CCCCC2)C1c1ccc(O)c(Cl)c1. The standard InChI is InChI=1S/C25H25Cl2NO5/c1-13-10-16(24(33-2)18(27)11-13)22(30)20-21(14-8-9-19(29)17(26)12-14)28(25(32)23(20)31)15-6-4-3-5-7-15/h8-12,15,21,29-30H,3-7H2,1-2H3/b22-20+. The molecule has 1 aliphatic carbocycles. The first-order chi connectivity index (χ1) is 15.7. The van der Waals surface area contributed by atoms with Crippen molar-refractivity contribution in [3.8, 4) is 11.5 Å². The largest absolute Gasteiger partial charge is 0.507 e. The molecule has 0 bridgehead atoms. The minimum atomic E-state index is -0.852. The van der Waals surface area contributed by atoms with E-state index in [-0.39, 0.29) is 44.5 Å². The molecule has 2 aromatic rings. The van der Waals surface area contributed by atoms with Crippen LogP contribution >= 0.6 is 23.2 Å². The number of phenolic OH excluding ortho intramolecular Hbond substituents is 1. The lowest BCUT2D eigenvalue weighted by Crippen LogP contribution is -2.40. The number of rotatable bonds is 4. The van der Waals surface area contributed by atoms with Crippen LogP contribution in [0, 0.1) is 6.92 Å². The smallest absolute Gasteiger partial charge is 0.295 e. The maximum atomic E-state index is 13.3. The van der Waals surface area contributed by atoms with Gasteiger partial charge in [0.1, 0.15) is 17.3 Å². The first kappa shape index (κ1) is 23.5. The van der Waals surface area contributed by atoms with Gasteiger partial charge in [0, 0.05) is 6.04 Å². The average Bonchev–Trinajstić information content (AvgIpc) is 3.06. The van der Waals surface area contributed by atoms with E-state index < -0.39 is 17.7 Å². The quantitative estimate of drug-likeness (QED) is 0.323. The average molecular weight is 490 g/mol. The van der Waals surface area contributed by atoms with Crippen LogP contribution in [-0.4, -0.2) is 40.0 Å². The van der Waals surface area contributed by atoms with Crippen molar-refractivity contribution in [2.24, 2.45) is 0 Å². The maximum absolute atomic E-state index is 13.3. The summed E-state index contributed by atoms with van der Waals surface area (Å²) in [6, 6.07) is 6.92. The van der Waals surface area contributed by atoms with Crippen LogP contribution in [0.3, 0.4) is 0 Å². The van der Waals surface area contributed by atoms with Crippen molar-refractivity contribution in [2.75, 3.05) is 7.11 Å². The molecule has 174 valence electrons. The summed E-state index contributed by atoms with van der Waals surface area (Å²) < 4.78 is 5.40. The number of aryl methyl sites for hydroxylation is 1. The number of aromatic hydroxyl groups is 1. The molecule has 1 aliphatic heterocycles. The maximum Gasteiger partial charge on any atom is 0.295 e. The molecular weight excluding hydrogens is 465 g/mol. The van der Waals surface area contributed by atoms with Gasteiger partial charge in [-0.25, -0.2) is 0 Å². The Morgan fingerprint density at radius 2 is 1.76 bits per heavy atom. The van der Waals surface area contributed by atoms with Crippen molar-refractivity contribution in [2.45, 2.75) is 51.1 Å². The van der Waals surface area contributed by atoms with Gasteiger partial charge in [-0.1, -0.05) is 48.5 Å². The minimum Gasteiger partial charge on any atom is -0.507 e. The summed E-state index contributed by atoms with van der Waals surface area (Å²) in [4.78, 5) is 28.1. The molecule has 1 atom stereocenters. The number of hydrogen-bond donors (Lipinski definition) is 2. The second-order valence-corrected chi connectivity index (χ2v) is 9.35. The number of amides is 1. The lowest BCUT2D eigenvalue weighted by molar-refractivity contribution is -0.141. The molecule has 1 amide bonds. The monoisotopic (exact) mass is 489 g/mol. The molecule has 2 N–H and O–H groups in total. The molecule has 0 aromatic heterocycles. The highest BCUT2D eigenvalue weighted by Gasteiger charge is 2.49. The van der Waals surface area contributed by atoms with E-state index in [1.165, 1.54) is 19.2 Å². The van der Waals surface area contributed by atoms with Gasteiger partial charge in [0.15, 0.2) is 0 Å². The van der Waals surface area contributed by atoms with E-state index in [0.717, 1.165) is 37.7 Å². The number of ketones is 1. The van der Waals surface area contributed by atoms with Crippen molar-refractivity contribution in [3.63, 3.8) is 0 Å². The van der Waals surface area contributed by atoms with Crippen LogP contribution in [0.25, 0.3) is 5.76 Å². The van der Waals surface area contributed by atoms with Gasteiger partial charge in [0.25, 0.3) is 11.7 Å². The van der Waals surface area contributed by atoms with Gasteiger partial charge in [-0.05, 0) is 55.2 Å². The third-order valence-electron chi connectivity index (χ3n) is 6.38. The highest BCUT2D eigenvalue weighted by atomic mass is 35.5. The number of benzene rings is 2. The van der Waals surface area contributed by atoms with E-state index in [2.05, 4.69) is 0 Å². The molecule has 2 aromatic carbocycles. The Morgan fingerprint density at radius 3 is 2.39 bits per heavy atom. The van der Waals surface area contributed by atoms with Gasteiger partial charge in [0.05, 0.1) is 34.3 Å².